The Kier molecular flexibility index (Phi) is 3.06. The zero-order valence-corrected chi connectivity index (χ0v) is 6.85. The van der Waals surface area contributed by atoms with Gasteiger partial charge in [-0.1, -0.05) is 31.9 Å². The van der Waals surface area contributed by atoms with Crippen LogP contribution in [0, 0.1) is 0 Å². The van der Waals surface area contributed by atoms with Crippen LogP contribution in [-0.2, 0) is 0 Å². The minimum absolute atomic E-state index is 0.323. The molecular formula is C3H5Br2Cl. The molecule has 0 aromatic carbocycles. The van der Waals surface area contributed by atoms with Gasteiger partial charge in [0.25, 0.3) is 0 Å². The lowest BCUT2D eigenvalue weighted by Gasteiger charge is -1.93. The summed E-state index contributed by atoms with van der Waals surface area (Å²) in [4.78, 5) is -0.323. The van der Waals surface area contributed by atoms with Crippen molar-refractivity contribution in [1.82, 2.24) is 0 Å². The smallest absolute Gasteiger partial charge is 0.0447 e. The number of rotatable bonds is 2. The third kappa shape index (κ3) is 3.44. The van der Waals surface area contributed by atoms with Crippen molar-refractivity contribution in [2.45, 2.75) is 4.83 Å². The summed E-state index contributed by atoms with van der Waals surface area (Å²) < 4.78 is 13.8. The fraction of sp³-hybridized carbons (Fsp3) is 1.00. The minimum atomic E-state index is -1.65. The molecule has 0 aromatic heterocycles. The first-order valence-corrected chi connectivity index (χ1v) is 3.79. The molecule has 0 aliphatic heterocycles. The molecular weight excluding hydrogens is 231 g/mol. The highest BCUT2D eigenvalue weighted by Crippen LogP contribution is 2.03. The SMILES string of the molecule is [2H]C([2H])(Cl)C(Br)CBr. The average molecular weight is 238 g/mol. The van der Waals surface area contributed by atoms with Gasteiger partial charge in [-0.15, -0.1) is 11.6 Å². The van der Waals surface area contributed by atoms with Crippen LogP contribution in [0.1, 0.15) is 2.74 Å². The summed E-state index contributed by atoms with van der Waals surface area (Å²) in [5.41, 5.74) is 0. The Bertz CT molecular complexity index is 72.2. The van der Waals surface area contributed by atoms with Crippen LogP contribution in [0.15, 0.2) is 0 Å². The Labute approximate surface area is 62.3 Å². The molecule has 0 saturated carbocycles. The molecule has 0 fully saturated rings. The topological polar surface area (TPSA) is 0 Å². The Morgan fingerprint density at radius 2 is 2.50 bits per heavy atom. The minimum Gasteiger partial charge on any atom is -0.125 e. The number of hydrogen-bond donors (Lipinski definition) is 0. The van der Waals surface area contributed by atoms with E-state index >= 15 is 0 Å². The summed E-state index contributed by atoms with van der Waals surface area (Å²) in [5.74, 6) is -1.65. The van der Waals surface area contributed by atoms with E-state index < -0.39 is 5.83 Å². The van der Waals surface area contributed by atoms with Crippen LogP contribution in [0.3, 0.4) is 0 Å². The summed E-state index contributed by atoms with van der Waals surface area (Å²) in [6.07, 6.45) is 0. The van der Waals surface area contributed by atoms with E-state index in [1.165, 1.54) is 0 Å². The van der Waals surface area contributed by atoms with Gasteiger partial charge in [-0.3, -0.25) is 0 Å². The van der Waals surface area contributed by atoms with Crippen molar-refractivity contribution in [3.8, 4) is 0 Å². The van der Waals surface area contributed by atoms with E-state index in [2.05, 4.69) is 31.9 Å². The van der Waals surface area contributed by atoms with Crippen LogP contribution in [0.2, 0.25) is 0 Å². The van der Waals surface area contributed by atoms with E-state index in [1.54, 1.807) is 0 Å². The van der Waals surface area contributed by atoms with Gasteiger partial charge in [-0.25, -0.2) is 0 Å². The number of hydrogen-bond acceptors (Lipinski definition) is 0. The Morgan fingerprint density at radius 3 is 2.50 bits per heavy atom. The normalized spacial score (nSPS) is 21.8. The highest BCUT2D eigenvalue weighted by atomic mass is 79.9. The first-order chi connectivity index (χ1) is 3.48. The van der Waals surface area contributed by atoms with Gasteiger partial charge in [0.2, 0.25) is 0 Å². The molecule has 1 unspecified atom stereocenters. The van der Waals surface area contributed by atoms with Gasteiger partial charge in [0.1, 0.15) is 0 Å². The quantitative estimate of drug-likeness (QED) is 0.648. The second-order valence-corrected chi connectivity index (χ2v) is 2.70. The molecule has 6 heavy (non-hydrogen) atoms. The van der Waals surface area contributed by atoms with Crippen molar-refractivity contribution in [3.05, 3.63) is 0 Å². The highest BCUT2D eigenvalue weighted by Gasteiger charge is 1.94. The maximum Gasteiger partial charge on any atom is 0.0447 e. The van der Waals surface area contributed by atoms with Crippen molar-refractivity contribution in [2.75, 3.05) is 11.2 Å². The van der Waals surface area contributed by atoms with E-state index in [0.29, 0.717) is 5.33 Å². The van der Waals surface area contributed by atoms with Crippen molar-refractivity contribution < 1.29 is 2.74 Å². The summed E-state index contributed by atoms with van der Waals surface area (Å²) in [6.45, 7) is 0. The van der Waals surface area contributed by atoms with Gasteiger partial charge in [0, 0.05) is 18.7 Å². The Balaban J connectivity index is 3.62. The number of halogens is 3. The van der Waals surface area contributed by atoms with Gasteiger partial charge < -0.3 is 0 Å². The van der Waals surface area contributed by atoms with E-state index in [1.807, 2.05) is 0 Å². The number of alkyl halides is 3. The monoisotopic (exact) mass is 236 g/mol. The lowest BCUT2D eigenvalue weighted by Crippen LogP contribution is -1.98. The van der Waals surface area contributed by atoms with Gasteiger partial charge >= 0.3 is 0 Å². The molecule has 38 valence electrons. The second kappa shape index (κ2) is 4.41. The maximum absolute atomic E-state index is 6.89. The van der Waals surface area contributed by atoms with Crippen molar-refractivity contribution >= 4 is 43.5 Å². The van der Waals surface area contributed by atoms with Gasteiger partial charge in [0.15, 0.2) is 0 Å². The molecule has 0 radical (unpaired) electrons. The lowest BCUT2D eigenvalue weighted by molar-refractivity contribution is 1.18. The summed E-state index contributed by atoms with van der Waals surface area (Å²) in [6, 6.07) is 0. The van der Waals surface area contributed by atoms with Crippen LogP contribution >= 0.6 is 43.5 Å². The molecule has 0 amide bonds. The summed E-state index contributed by atoms with van der Waals surface area (Å²) in [5, 5.41) is 0.517. The van der Waals surface area contributed by atoms with Crippen LogP contribution in [-0.4, -0.2) is 16.0 Å². The first kappa shape index (κ1) is 4.16. The fourth-order valence-corrected chi connectivity index (χ4v) is 0.455. The standard InChI is InChI=1S/C3H5Br2Cl/c4-1-3(5)2-6/h3H,1-2H2/i2D2. The van der Waals surface area contributed by atoms with Crippen LogP contribution in [0.5, 0.6) is 0 Å². The van der Waals surface area contributed by atoms with Gasteiger partial charge in [-0.2, -0.15) is 0 Å². The molecule has 0 aliphatic carbocycles. The Hall–Kier alpha value is 1.25. The molecule has 0 aliphatic rings. The van der Waals surface area contributed by atoms with Gasteiger partial charge in [-0.05, 0) is 0 Å². The van der Waals surface area contributed by atoms with Crippen LogP contribution in [0.4, 0.5) is 0 Å². The van der Waals surface area contributed by atoms with Crippen molar-refractivity contribution in [1.29, 1.82) is 0 Å². The molecule has 3 heteroatoms. The van der Waals surface area contributed by atoms with Crippen LogP contribution in [0.25, 0.3) is 0 Å². The molecule has 0 rings (SSSR count). The molecule has 0 spiro atoms. The van der Waals surface area contributed by atoms with E-state index in [-0.39, 0.29) is 4.83 Å². The fourth-order valence-electron chi connectivity index (χ4n) is 0.0292. The molecule has 0 aromatic rings. The van der Waals surface area contributed by atoms with E-state index in [0.717, 1.165) is 0 Å². The van der Waals surface area contributed by atoms with Crippen molar-refractivity contribution in [2.24, 2.45) is 0 Å². The second-order valence-electron chi connectivity index (χ2n) is 0.731. The molecule has 0 N–H and O–H groups in total. The van der Waals surface area contributed by atoms with Gasteiger partial charge in [0.05, 0.1) is 0 Å². The lowest BCUT2D eigenvalue weighted by atomic mass is 10.6. The zero-order valence-electron chi connectivity index (χ0n) is 4.92. The molecule has 0 heterocycles. The molecule has 0 saturated heterocycles. The predicted molar refractivity (Wildman–Crippen MR) is 37.2 cm³/mol. The third-order valence-corrected chi connectivity index (χ3v) is 2.85. The molecule has 0 nitrogen and oxygen atoms in total. The third-order valence-electron chi connectivity index (χ3n) is 0.254. The summed E-state index contributed by atoms with van der Waals surface area (Å²) >= 11 is 11.4. The average Bonchev–Trinajstić information content (AvgIpc) is 1.62. The molecule has 1 atom stereocenters. The predicted octanol–water partition coefficient (Wildman–Crippen LogP) is 2.38. The van der Waals surface area contributed by atoms with E-state index in [4.69, 9.17) is 14.3 Å². The maximum atomic E-state index is 6.89. The summed E-state index contributed by atoms with van der Waals surface area (Å²) in [7, 11) is 0. The van der Waals surface area contributed by atoms with Crippen LogP contribution < -0.4 is 0 Å². The molecule has 0 bridgehead atoms. The first-order valence-electron chi connectivity index (χ1n) is 2.37. The van der Waals surface area contributed by atoms with E-state index in [9.17, 15) is 0 Å². The zero-order chi connectivity index (χ0) is 6.78. The highest BCUT2D eigenvalue weighted by molar-refractivity contribution is 9.12. The van der Waals surface area contributed by atoms with Crippen molar-refractivity contribution in [3.63, 3.8) is 0 Å². The Morgan fingerprint density at radius 1 is 2.00 bits per heavy atom. The largest absolute Gasteiger partial charge is 0.125 e.